The molecule has 0 spiro atoms. The third-order valence-corrected chi connectivity index (χ3v) is 10.9. The lowest BCUT2D eigenvalue weighted by Crippen LogP contribution is -2.28. The fourth-order valence-corrected chi connectivity index (χ4v) is 8.51. The predicted molar refractivity (Wildman–Crippen MR) is 206 cm³/mol. The zero-order valence-corrected chi connectivity index (χ0v) is 28.3. The number of aromatic nitrogens is 3. The first kappa shape index (κ1) is 29.8. The third-order valence-electron chi connectivity index (χ3n) is 10.9. The first-order valence-electron chi connectivity index (χ1n) is 17.9. The Morgan fingerprint density at radius 2 is 1.45 bits per heavy atom. The van der Waals surface area contributed by atoms with E-state index in [0.29, 0.717) is 17.6 Å². The Morgan fingerprint density at radius 1 is 0.686 bits per heavy atom. The van der Waals surface area contributed by atoms with E-state index in [1.165, 1.54) is 27.8 Å². The van der Waals surface area contributed by atoms with Gasteiger partial charge in [0.05, 0.1) is 12.0 Å². The van der Waals surface area contributed by atoms with Gasteiger partial charge >= 0.3 is 0 Å². The maximum atomic E-state index is 6.58. The lowest BCUT2D eigenvalue weighted by molar-refractivity contribution is 0.545. The molecule has 6 aromatic rings. The highest BCUT2D eigenvalue weighted by Crippen LogP contribution is 2.49. The van der Waals surface area contributed by atoms with Gasteiger partial charge in [0.25, 0.3) is 0 Å². The molecule has 0 radical (unpaired) electrons. The molecule has 5 nitrogen and oxygen atoms in total. The maximum absolute atomic E-state index is 6.58. The van der Waals surface area contributed by atoms with Crippen LogP contribution < -0.4 is 4.90 Å². The van der Waals surface area contributed by atoms with Gasteiger partial charge in [-0.2, -0.15) is 0 Å². The Balaban J connectivity index is 1.14. The van der Waals surface area contributed by atoms with Crippen molar-refractivity contribution in [3.8, 4) is 22.8 Å². The van der Waals surface area contributed by atoms with Crippen LogP contribution in [0.4, 0.5) is 11.4 Å². The summed E-state index contributed by atoms with van der Waals surface area (Å²) in [6.45, 7) is 2.26. The van der Waals surface area contributed by atoms with Gasteiger partial charge in [-0.3, -0.25) is 0 Å². The van der Waals surface area contributed by atoms with Crippen molar-refractivity contribution in [3.63, 3.8) is 0 Å². The van der Waals surface area contributed by atoms with E-state index in [1.54, 1.807) is 0 Å². The van der Waals surface area contributed by atoms with Crippen LogP contribution in [0.2, 0.25) is 0 Å². The van der Waals surface area contributed by atoms with Crippen LogP contribution in [0.5, 0.6) is 0 Å². The lowest BCUT2D eigenvalue weighted by atomic mass is 9.78. The van der Waals surface area contributed by atoms with Crippen molar-refractivity contribution in [1.29, 1.82) is 0 Å². The molecule has 3 aliphatic carbocycles. The van der Waals surface area contributed by atoms with Crippen LogP contribution in [-0.2, 0) is 0 Å². The van der Waals surface area contributed by atoms with Gasteiger partial charge in [-0.15, -0.1) is 0 Å². The molecule has 246 valence electrons. The first-order valence-corrected chi connectivity index (χ1v) is 17.9. The van der Waals surface area contributed by atoms with Crippen molar-refractivity contribution in [3.05, 3.63) is 180 Å². The Labute approximate surface area is 297 Å². The monoisotopic (exact) mass is 660 g/mol. The molecule has 5 atom stereocenters. The summed E-state index contributed by atoms with van der Waals surface area (Å²) in [6, 6.07) is 34.4. The molecule has 5 heteroatoms. The molecule has 1 aliphatic heterocycles. The van der Waals surface area contributed by atoms with Gasteiger partial charge in [-0.1, -0.05) is 134 Å². The van der Waals surface area contributed by atoms with E-state index in [9.17, 15) is 0 Å². The fourth-order valence-electron chi connectivity index (χ4n) is 8.51. The first-order chi connectivity index (χ1) is 25.2. The highest BCUT2D eigenvalue weighted by atomic mass is 16.3. The highest BCUT2D eigenvalue weighted by Gasteiger charge is 2.38. The number of benzene rings is 4. The minimum Gasteiger partial charge on any atom is -0.456 e. The second-order valence-electron chi connectivity index (χ2n) is 13.9. The third kappa shape index (κ3) is 4.95. The second-order valence-corrected chi connectivity index (χ2v) is 13.9. The number of allylic oxidation sites excluding steroid dienone is 7. The SMILES string of the molecule is CC1C=Cc2oc3cccc(C4C=CC=CC4)c3c2C1c1nc(-c2ccccc2)nc(-c2cccc(N3c4ccccc4C4C=CC=CC43)c2)n1. The van der Waals surface area contributed by atoms with E-state index < -0.39 is 0 Å². The minimum atomic E-state index is -0.117. The fraction of sp³-hybridized carbons (Fsp3) is 0.152. The zero-order chi connectivity index (χ0) is 33.9. The van der Waals surface area contributed by atoms with E-state index in [2.05, 4.69) is 151 Å². The van der Waals surface area contributed by atoms with E-state index in [1.807, 2.05) is 18.2 Å². The molecule has 3 heterocycles. The molecule has 0 amide bonds. The van der Waals surface area contributed by atoms with E-state index in [4.69, 9.17) is 19.4 Å². The topological polar surface area (TPSA) is 55.1 Å². The molecule has 0 saturated carbocycles. The van der Waals surface area contributed by atoms with Crippen LogP contribution in [-0.4, -0.2) is 21.0 Å². The smallest absolute Gasteiger partial charge is 0.163 e. The summed E-state index contributed by atoms with van der Waals surface area (Å²) in [5.74, 6) is 3.60. The number of para-hydroxylation sites is 1. The second kappa shape index (κ2) is 12.1. The quantitative estimate of drug-likeness (QED) is 0.184. The van der Waals surface area contributed by atoms with Crippen molar-refractivity contribution in [2.45, 2.75) is 37.1 Å². The normalized spacial score (nSPS) is 22.7. The molecule has 4 aromatic carbocycles. The highest BCUT2D eigenvalue weighted by molar-refractivity contribution is 5.90. The van der Waals surface area contributed by atoms with Gasteiger partial charge in [0, 0.05) is 45.3 Å². The van der Waals surface area contributed by atoms with Crippen molar-refractivity contribution in [2.24, 2.45) is 5.92 Å². The number of fused-ring (bicyclic) bond motifs is 6. The van der Waals surface area contributed by atoms with Crippen molar-refractivity contribution < 1.29 is 4.42 Å². The Kier molecular flexibility index (Phi) is 7.05. The summed E-state index contributed by atoms with van der Waals surface area (Å²) in [4.78, 5) is 18.2. The summed E-state index contributed by atoms with van der Waals surface area (Å²) in [6.07, 6.45) is 23.1. The van der Waals surface area contributed by atoms with Gasteiger partial charge in [0.1, 0.15) is 17.2 Å². The summed E-state index contributed by atoms with van der Waals surface area (Å²) < 4.78 is 6.58. The van der Waals surface area contributed by atoms with Gasteiger partial charge in [-0.05, 0) is 53.8 Å². The van der Waals surface area contributed by atoms with Crippen LogP contribution in [0.3, 0.4) is 0 Å². The maximum Gasteiger partial charge on any atom is 0.163 e. The van der Waals surface area contributed by atoms with Crippen LogP contribution in [0.15, 0.2) is 156 Å². The van der Waals surface area contributed by atoms with Crippen LogP contribution in [0.1, 0.15) is 59.4 Å². The molecular formula is C46H36N4O. The van der Waals surface area contributed by atoms with Gasteiger partial charge in [-0.25, -0.2) is 15.0 Å². The Bertz CT molecular complexity index is 2470. The predicted octanol–water partition coefficient (Wildman–Crippen LogP) is 11.1. The average molecular weight is 661 g/mol. The summed E-state index contributed by atoms with van der Waals surface area (Å²) in [5.41, 5.74) is 8.99. The lowest BCUT2D eigenvalue weighted by Gasteiger charge is -2.29. The van der Waals surface area contributed by atoms with E-state index >= 15 is 0 Å². The van der Waals surface area contributed by atoms with Gasteiger partial charge in [0.15, 0.2) is 11.6 Å². The molecule has 0 fully saturated rings. The molecule has 51 heavy (non-hydrogen) atoms. The number of anilines is 2. The Hall–Kier alpha value is -6.07. The summed E-state index contributed by atoms with van der Waals surface area (Å²) in [7, 11) is 0. The molecule has 2 aromatic heterocycles. The molecule has 4 aliphatic rings. The standard InChI is InChI=1S/C46H36N4O/c1-29-26-27-40-43(42-34(22-13-25-39(42)51-40)30-14-4-2-5-15-30)41(29)46-48-44(31-16-6-3-7-17-31)47-45(49-46)32-18-12-19-33(28-32)50-37-23-10-8-20-35(37)36-21-9-11-24-38(36)50/h2-14,16-30,35,37,41H,15H2,1H3. The van der Waals surface area contributed by atoms with Crippen LogP contribution in [0, 0.1) is 5.92 Å². The zero-order valence-electron chi connectivity index (χ0n) is 28.3. The molecular weight excluding hydrogens is 625 g/mol. The summed E-state index contributed by atoms with van der Waals surface area (Å²) >= 11 is 0. The Morgan fingerprint density at radius 3 is 2.33 bits per heavy atom. The number of rotatable bonds is 5. The molecule has 0 saturated heterocycles. The number of hydrogen-bond acceptors (Lipinski definition) is 5. The molecule has 5 unspecified atom stereocenters. The molecule has 0 bridgehead atoms. The van der Waals surface area contributed by atoms with Gasteiger partial charge in [0.2, 0.25) is 0 Å². The van der Waals surface area contributed by atoms with E-state index in [-0.39, 0.29) is 23.8 Å². The number of hydrogen-bond donors (Lipinski definition) is 0. The minimum absolute atomic E-state index is 0.117. The number of furan rings is 1. The molecule has 0 N–H and O–H groups in total. The summed E-state index contributed by atoms with van der Waals surface area (Å²) in [5, 5.41) is 1.18. The van der Waals surface area contributed by atoms with Crippen molar-refractivity contribution in [1.82, 2.24) is 15.0 Å². The number of nitrogens with zero attached hydrogens (tertiary/aromatic N) is 4. The van der Waals surface area contributed by atoms with E-state index in [0.717, 1.165) is 40.4 Å². The average Bonchev–Trinajstić information content (AvgIpc) is 3.74. The van der Waals surface area contributed by atoms with Crippen LogP contribution >= 0.6 is 0 Å². The van der Waals surface area contributed by atoms with Crippen LogP contribution in [0.25, 0.3) is 39.8 Å². The molecule has 10 rings (SSSR count). The van der Waals surface area contributed by atoms with Gasteiger partial charge < -0.3 is 9.32 Å². The largest absolute Gasteiger partial charge is 0.456 e. The van der Waals surface area contributed by atoms with Crippen molar-refractivity contribution >= 4 is 28.4 Å². The van der Waals surface area contributed by atoms with Crippen molar-refractivity contribution in [2.75, 3.05) is 4.90 Å².